The van der Waals surface area contributed by atoms with Gasteiger partial charge in [-0.3, -0.25) is 0 Å². The highest BCUT2D eigenvalue weighted by atomic mass is 32.2. The molecule has 3 rings (SSSR count). The molecule has 0 saturated carbocycles. The molecular formula is C22H22N2O2S. The smallest absolute Gasteiger partial charge is 0.241 e. The van der Waals surface area contributed by atoms with Crippen LogP contribution in [0.25, 0.3) is 6.08 Å². The molecule has 0 radical (unpaired) electrons. The summed E-state index contributed by atoms with van der Waals surface area (Å²) in [6, 6.07) is 24.3. The number of sulfonamides is 1. The first-order valence-corrected chi connectivity index (χ1v) is 10.1. The zero-order valence-corrected chi connectivity index (χ0v) is 15.6. The highest BCUT2D eigenvalue weighted by Gasteiger charge is 2.27. The minimum absolute atomic E-state index is 0.189. The van der Waals surface area contributed by atoms with Gasteiger partial charge in [0.05, 0.1) is 17.0 Å². The number of nitrogens with two attached hydrogens (primary N) is 1. The maximum absolute atomic E-state index is 13.0. The summed E-state index contributed by atoms with van der Waals surface area (Å²) in [6.07, 6.45) is 1.67. The Morgan fingerprint density at radius 2 is 1.33 bits per heavy atom. The molecule has 0 bridgehead atoms. The number of nitrogens with one attached hydrogen (secondary N) is 1. The van der Waals surface area contributed by atoms with Gasteiger partial charge in [0.25, 0.3) is 0 Å². The van der Waals surface area contributed by atoms with E-state index in [0.29, 0.717) is 0 Å². The molecule has 0 heterocycles. The topological polar surface area (TPSA) is 72.2 Å². The molecule has 0 amide bonds. The Kier molecular flexibility index (Phi) is 5.86. The van der Waals surface area contributed by atoms with Crippen molar-refractivity contribution in [2.75, 3.05) is 0 Å². The zero-order valence-electron chi connectivity index (χ0n) is 14.8. The van der Waals surface area contributed by atoms with Crippen LogP contribution in [0.5, 0.6) is 0 Å². The molecular weight excluding hydrogens is 356 g/mol. The lowest BCUT2D eigenvalue weighted by Crippen LogP contribution is -2.36. The van der Waals surface area contributed by atoms with Gasteiger partial charge in [0, 0.05) is 0 Å². The van der Waals surface area contributed by atoms with Crippen LogP contribution >= 0.6 is 0 Å². The molecule has 0 spiro atoms. The van der Waals surface area contributed by atoms with Gasteiger partial charge >= 0.3 is 0 Å². The van der Waals surface area contributed by atoms with E-state index in [-0.39, 0.29) is 4.90 Å². The maximum Gasteiger partial charge on any atom is 0.241 e. The Morgan fingerprint density at radius 1 is 0.815 bits per heavy atom. The van der Waals surface area contributed by atoms with E-state index in [9.17, 15) is 8.42 Å². The predicted molar refractivity (Wildman–Crippen MR) is 109 cm³/mol. The first-order valence-electron chi connectivity index (χ1n) is 8.61. The molecule has 2 atom stereocenters. The normalized spacial score (nSPS) is 13.7. The first kappa shape index (κ1) is 19.0. The molecule has 4 nitrogen and oxygen atoms in total. The minimum Gasteiger partial charge on any atom is -0.322 e. The molecule has 0 aliphatic rings. The summed E-state index contributed by atoms with van der Waals surface area (Å²) in [5.74, 6) is 0. The minimum atomic E-state index is -3.75. The average molecular weight is 378 g/mol. The van der Waals surface area contributed by atoms with Crippen molar-refractivity contribution in [1.29, 1.82) is 0 Å². The molecule has 3 N–H and O–H groups in total. The van der Waals surface area contributed by atoms with Gasteiger partial charge in [-0.1, -0.05) is 85.5 Å². The van der Waals surface area contributed by atoms with E-state index in [1.807, 2.05) is 60.7 Å². The number of rotatable bonds is 7. The van der Waals surface area contributed by atoms with Crippen LogP contribution in [0.1, 0.15) is 28.8 Å². The van der Waals surface area contributed by atoms with Crippen LogP contribution in [-0.2, 0) is 10.0 Å². The molecule has 5 heteroatoms. The SMILES string of the molecule is C=Cc1ccc(S(=O)(=O)N[C@@H](c2ccccc2)[C@@H](N)c2ccccc2)cc1. The van der Waals surface area contributed by atoms with E-state index >= 15 is 0 Å². The van der Waals surface area contributed by atoms with Gasteiger partial charge in [0.1, 0.15) is 0 Å². The fourth-order valence-electron chi connectivity index (χ4n) is 2.90. The molecule has 27 heavy (non-hydrogen) atoms. The highest BCUT2D eigenvalue weighted by Crippen LogP contribution is 2.28. The van der Waals surface area contributed by atoms with Crippen LogP contribution in [0, 0.1) is 0 Å². The van der Waals surface area contributed by atoms with Gasteiger partial charge in [0.2, 0.25) is 10.0 Å². The molecule has 138 valence electrons. The largest absolute Gasteiger partial charge is 0.322 e. The summed E-state index contributed by atoms with van der Waals surface area (Å²) in [4.78, 5) is 0.189. The van der Waals surface area contributed by atoms with Crippen LogP contribution < -0.4 is 10.5 Å². The van der Waals surface area contributed by atoms with Crippen molar-refractivity contribution in [3.8, 4) is 0 Å². The molecule has 0 aliphatic heterocycles. The molecule has 0 aliphatic carbocycles. The summed E-state index contributed by atoms with van der Waals surface area (Å²) in [5, 5.41) is 0. The van der Waals surface area contributed by atoms with E-state index in [1.54, 1.807) is 30.3 Å². The fraction of sp³-hybridized carbons (Fsp3) is 0.0909. The molecule has 0 fully saturated rings. The first-order chi connectivity index (χ1) is 13.0. The van der Waals surface area contributed by atoms with Crippen molar-refractivity contribution >= 4 is 16.1 Å². The third kappa shape index (κ3) is 4.52. The van der Waals surface area contributed by atoms with Crippen molar-refractivity contribution in [2.24, 2.45) is 5.73 Å². The number of benzene rings is 3. The van der Waals surface area contributed by atoms with Crippen molar-refractivity contribution in [3.63, 3.8) is 0 Å². The fourth-order valence-corrected chi connectivity index (χ4v) is 4.14. The Balaban J connectivity index is 1.96. The van der Waals surface area contributed by atoms with Crippen LogP contribution in [0.15, 0.2) is 96.4 Å². The second kappa shape index (κ2) is 8.31. The van der Waals surface area contributed by atoms with Crippen LogP contribution in [-0.4, -0.2) is 8.42 Å². The van der Waals surface area contributed by atoms with Gasteiger partial charge in [-0.25, -0.2) is 13.1 Å². The van der Waals surface area contributed by atoms with Gasteiger partial charge in [-0.2, -0.15) is 0 Å². The van der Waals surface area contributed by atoms with E-state index in [4.69, 9.17) is 5.73 Å². The third-order valence-corrected chi connectivity index (χ3v) is 5.87. The van der Waals surface area contributed by atoms with E-state index in [1.165, 1.54) is 0 Å². The lowest BCUT2D eigenvalue weighted by atomic mass is 9.95. The summed E-state index contributed by atoms with van der Waals surface area (Å²) in [5.41, 5.74) is 8.98. The quantitative estimate of drug-likeness (QED) is 0.651. The lowest BCUT2D eigenvalue weighted by molar-refractivity contribution is 0.504. The third-order valence-electron chi connectivity index (χ3n) is 4.41. The molecule has 3 aromatic rings. The van der Waals surface area contributed by atoms with E-state index in [0.717, 1.165) is 16.7 Å². The monoisotopic (exact) mass is 378 g/mol. The second-order valence-corrected chi connectivity index (χ2v) is 7.93. The van der Waals surface area contributed by atoms with E-state index in [2.05, 4.69) is 11.3 Å². The number of hydrogen-bond donors (Lipinski definition) is 2. The van der Waals surface area contributed by atoms with Gasteiger partial charge in [0.15, 0.2) is 0 Å². The summed E-state index contributed by atoms with van der Waals surface area (Å²) < 4.78 is 28.7. The van der Waals surface area contributed by atoms with E-state index < -0.39 is 22.1 Å². The van der Waals surface area contributed by atoms with Crippen LogP contribution in [0.2, 0.25) is 0 Å². The lowest BCUT2D eigenvalue weighted by Gasteiger charge is -2.26. The van der Waals surface area contributed by atoms with Gasteiger partial charge in [-0.15, -0.1) is 0 Å². The van der Waals surface area contributed by atoms with Crippen molar-refractivity contribution < 1.29 is 8.42 Å². The Labute approximate surface area is 160 Å². The maximum atomic E-state index is 13.0. The molecule has 0 aromatic heterocycles. The summed E-state index contributed by atoms with van der Waals surface area (Å²) in [7, 11) is -3.75. The average Bonchev–Trinajstić information content (AvgIpc) is 2.73. The summed E-state index contributed by atoms with van der Waals surface area (Å²) >= 11 is 0. The molecule has 0 unspecified atom stereocenters. The van der Waals surface area contributed by atoms with Gasteiger partial charge < -0.3 is 5.73 Å². The number of hydrogen-bond acceptors (Lipinski definition) is 3. The van der Waals surface area contributed by atoms with Gasteiger partial charge in [-0.05, 0) is 28.8 Å². The Hall–Kier alpha value is -2.73. The van der Waals surface area contributed by atoms with Crippen LogP contribution in [0.3, 0.4) is 0 Å². The molecule has 3 aromatic carbocycles. The zero-order chi connectivity index (χ0) is 19.3. The second-order valence-electron chi connectivity index (χ2n) is 6.22. The Bertz CT molecular complexity index is 986. The molecule has 0 saturated heterocycles. The Morgan fingerprint density at radius 3 is 1.85 bits per heavy atom. The summed E-state index contributed by atoms with van der Waals surface area (Å²) in [6.45, 7) is 3.69. The van der Waals surface area contributed by atoms with Crippen LogP contribution in [0.4, 0.5) is 0 Å². The van der Waals surface area contributed by atoms with Crippen molar-refractivity contribution in [2.45, 2.75) is 17.0 Å². The standard InChI is InChI=1S/C22H22N2O2S/c1-2-17-13-15-20(16-14-17)27(25,26)24-22(19-11-7-4-8-12-19)21(23)18-9-5-3-6-10-18/h2-16,21-22,24H,1,23H2/t21-,22-/m0/s1. The predicted octanol–water partition coefficient (Wildman–Crippen LogP) is 4.05. The highest BCUT2D eigenvalue weighted by molar-refractivity contribution is 7.89. The van der Waals surface area contributed by atoms with Crippen molar-refractivity contribution in [1.82, 2.24) is 4.72 Å². The van der Waals surface area contributed by atoms with Crippen molar-refractivity contribution in [3.05, 3.63) is 108 Å².